The molecule has 0 fully saturated rings. The Morgan fingerprint density at radius 2 is 2.04 bits per heavy atom. The van der Waals surface area contributed by atoms with Crippen molar-refractivity contribution < 1.29 is 19.4 Å². The molecular formula is C17H14N6O4. The Morgan fingerprint density at radius 3 is 2.70 bits per heavy atom. The largest absolute Gasteiger partial charge is 0.481 e. The normalized spacial score (nSPS) is 14.9. The molecule has 0 aromatic heterocycles. The van der Waals surface area contributed by atoms with Gasteiger partial charge in [0.05, 0.1) is 12.0 Å². The number of fused-ring (bicyclic) bond motifs is 1. The maximum Gasteiger partial charge on any atom is 0.343 e. The Balaban J connectivity index is 1.75. The van der Waals surface area contributed by atoms with Crippen molar-refractivity contribution in [1.29, 1.82) is 10.7 Å². The highest BCUT2D eigenvalue weighted by Crippen LogP contribution is 2.23. The molecular weight excluding hydrogens is 352 g/mol. The van der Waals surface area contributed by atoms with Crippen LogP contribution in [0.4, 0.5) is 0 Å². The maximum absolute atomic E-state index is 12.4. The number of carbonyl (C=O) groups excluding carboxylic acids is 1. The summed E-state index contributed by atoms with van der Waals surface area (Å²) in [6.07, 6.45) is 4.50. The number of nitrogens with one attached hydrogen (secondary N) is 3. The van der Waals surface area contributed by atoms with Gasteiger partial charge in [0, 0.05) is 11.3 Å². The molecule has 0 saturated carbocycles. The predicted molar refractivity (Wildman–Crippen MR) is 93.1 cm³/mol. The molecule has 0 aliphatic carbocycles. The van der Waals surface area contributed by atoms with Crippen molar-refractivity contribution in [3.8, 4) is 6.19 Å². The summed E-state index contributed by atoms with van der Waals surface area (Å²) >= 11 is 0. The number of benzene rings is 1. The van der Waals surface area contributed by atoms with Crippen molar-refractivity contribution in [2.75, 3.05) is 6.67 Å². The SMILES string of the molecule is N#CNC(=N)c1ccc(C(=O)OC2=CC=C(CC(=O)O)N3NCN=C23)cc1. The zero-order valence-electron chi connectivity index (χ0n) is 13.9. The first-order chi connectivity index (χ1) is 13.0. The van der Waals surface area contributed by atoms with E-state index >= 15 is 0 Å². The van der Waals surface area contributed by atoms with E-state index in [1.54, 1.807) is 12.3 Å². The second-order valence-corrected chi connectivity index (χ2v) is 5.47. The molecule has 0 atom stereocenters. The van der Waals surface area contributed by atoms with E-state index in [-0.39, 0.29) is 30.2 Å². The summed E-state index contributed by atoms with van der Waals surface area (Å²) in [7, 11) is 0. The molecule has 0 bridgehead atoms. The van der Waals surface area contributed by atoms with Gasteiger partial charge in [0.15, 0.2) is 17.8 Å². The molecule has 136 valence electrons. The molecule has 3 rings (SSSR count). The first kappa shape index (κ1) is 17.8. The second kappa shape index (κ2) is 7.51. The Morgan fingerprint density at radius 1 is 1.33 bits per heavy atom. The number of rotatable bonds is 5. The average Bonchev–Trinajstić information content (AvgIpc) is 3.14. The van der Waals surface area contributed by atoms with Gasteiger partial charge in [-0.1, -0.05) is 12.1 Å². The summed E-state index contributed by atoms with van der Waals surface area (Å²) < 4.78 is 5.39. The van der Waals surface area contributed by atoms with Gasteiger partial charge in [-0.2, -0.15) is 5.26 Å². The molecule has 27 heavy (non-hydrogen) atoms. The van der Waals surface area contributed by atoms with E-state index in [0.29, 0.717) is 17.1 Å². The molecule has 0 amide bonds. The average molecular weight is 366 g/mol. The van der Waals surface area contributed by atoms with Crippen LogP contribution < -0.4 is 10.7 Å². The lowest BCUT2D eigenvalue weighted by Gasteiger charge is -2.26. The number of carbonyl (C=O) groups is 2. The summed E-state index contributed by atoms with van der Waals surface area (Å²) in [6.45, 7) is 0.240. The van der Waals surface area contributed by atoms with Crippen LogP contribution in [0.3, 0.4) is 0 Å². The zero-order chi connectivity index (χ0) is 19.4. The third-order valence-corrected chi connectivity index (χ3v) is 3.73. The minimum Gasteiger partial charge on any atom is -0.481 e. The van der Waals surface area contributed by atoms with Gasteiger partial charge < -0.3 is 9.84 Å². The molecule has 0 saturated heterocycles. The molecule has 0 radical (unpaired) electrons. The van der Waals surface area contributed by atoms with E-state index in [1.807, 2.05) is 0 Å². The number of nitriles is 1. The first-order valence-corrected chi connectivity index (χ1v) is 7.77. The van der Waals surface area contributed by atoms with Crippen LogP contribution >= 0.6 is 0 Å². The van der Waals surface area contributed by atoms with E-state index in [2.05, 4.69) is 15.7 Å². The number of ether oxygens (including phenoxy) is 1. The minimum atomic E-state index is -0.986. The van der Waals surface area contributed by atoms with Crippen molar-refractivity contribution >= 4 is 23.6 Å². The van der Waals surface area contributed by atoms with E-state index < -0.39 is 11.9 Å². The van der Waals surface area contributed by atoms with Crippen molar-refractivity contribution in [1.82, 2.24) is 15.8 Å². The van der Waals surface area contributed by atoms with E-state index in [1.165, 1.54) is 35.4 Å². The molecule has 1 aromatic carbocycles. The minimum absolute atomic E-state index is 0.0782. The van der Waals surface area contributed by atoms with Gasteiger partial charge in [-0.15, -0.1) is 0 Å². The zero-order valence-corrected chi connectivity index (χ0v) is 13.9. The Kier molecular flexibility index (Phi) is 4.96. The van der Waals surface area contributed by atoms with Crippen LogP contribution in [0.25, 0.3) is 0 Å². The van der Waals surface area contributed by atoms with Crippen LogP contribution in [0.2, 0.25) is 0 Å². The monoisotopic (exact) mass is 366 g/mol. The smallest absolute Gasteiger partial charge is 0.343 e. The van der Waals surface area contributed by atoms with Crippen molar-refractivity contribution in [2.24, 2.45) is 4.99 Å². The van der Waals surface area contributed by atoms with Gasteiger partial charge in [0.1, 0.15) is 12.5 Å². The van der Waals surface area contributed by atoms with Gasteiger partial charge in [-0.05, 0) is 24.3 Å². The van der Waals surface area contributed by atoms with Crippen LogP contribution in [-0.2, 0) is 9.53 Å². The summed E-state index contributed by atoms with van der Waals surface area (Å²) in [5, 5.41) is 28.8. The van der Waals surface area contributed by atoms with Gasteiger partial charge >= 0.3 is 11.9 Å². The molecule has 0 spiro atoms. The highest BCUT2D eigenvalue weighted by Gasteiger charge is 2.30. The Hall–Kier alpha value is -3.97. The van der Waals surface area contributed by atoms with Crippen molar-refractivity contribution in [2.45, 2.75) is 6.42 Å². The van der Waals surface area contributed by atoms with E-state index in [4.69, 9.17) is 20.5 Å². The number of allylic oxidation sites excluding steroid dienone is 2. The number of carboxylic acid groups (broad SMARTS) is 1. The van der Waals surface area contributed by atoms with Crippen LogP contribution in [0.5, 0.6) is 0 Å². The molecule has 1 aromatic rings. The molecule has 2 heterocycles. The number of amidine groups is 2. The number of hydrogen-bond donors (Lipinski definition) is 4. The van der Waals surface area contributed by atoms with Crippen LogP contribution in [0.15, 0.2) is 52.9 Å². The molecule has 10 heteroatoms. The summed E-state index contributed by atoms with van der Waals surface area (Å²) in [5.74, 6) is -1.16. The molecule has 10 nitrogen and oxygen atoms in total. The molecule has 2 aliphatic heterocycles. The fourth-order valence-electron chi connectivity index (χ4n) is 2.51. The highest BCUT2D eigenvalue weighted by molar-refractivity contribution is 6.04. The molecule has 4 N–H and O–H groups in total. The topological polar surface area (TPSA) is 151 Å². The third-order valence-electron chi connectivity index (χ3n) is 3.73. The van der Waals surface area contributed by atoms with Gasteiger partial charge in [-0.3, -0.25) is 20.5 Å². The number of aliphatic imine (C=N–C) groups is 1. The quantitative estimate of drug-likeness (QED) is 0.195. The molecule has 0 unspecified atom stereocenters. The highest BCUT2D eigenvalue weighted by atomic mass is 16.5. The van der Waals surface area contributed by atoms with Crippen LogP contribution in [0, 0.1) is 16.9 Å². The second-order valence-electron chi connectivity index (χ2n) is 5.47. The van der Waals surface area contributed by atoms with Gasteiger partial charge in [0.2, 0.25) is 0 Å². The summed E-state index contributed by atoms with van der Waals surface area (Å²) in [4.78, 5) is 27.5. The van der Waals surface area contributed by atoms with Crippen LogP contribution in [-0.4, -0.2) is 40.4 Å². The number of aliphatic carboxylic acids is 1. The van der Waals surface area contributed by atoms with Gasteiger partial charge in [0.25, 0.3) is 0 Å². The number of carboxylic acids is 1. The third kappa shape index (κ3) is 3.83. The maximum atomic E-state index is 12.4. The fourth-order valence-corrected chi connectivity index (χ4v) is 2.51. The Bertz CT molecular complexity index is 939. The number of esters is 1. The molecule has 2 aliphatic rings. The summed E-state index contributed by atoms with van der Waals surface area (Å²) in [5.41, 5.74) is 4.07. The summed E-state index contributed by atoms with van der Waals surface area (Å²) in [6, 6.07) is 5.99. The fraction of sp³-hybridized carbons (Fsp3) is 0.118. The lowest BCUT2D eigenvalue weighted by atomic mass is 10.1. The first-order valence-electron chi connectivity index (χ1n) is 7.77. The predicted octanol–water partition coefficient (Wildman–Crippen LogP) is 0.672. The lowest BCUT2D eigenvalue weighted by Crippen LogP contribution is -2.40. The van der Waals surface area contributed by atoms with Crippen molar-refractivity contribution in [3.05, 3.63) is 59.0 Å². The lowest BCUT2D eigenvalue weighted by molar-refractivity contribution is -0.136. The van der Waals surface area contributed by atoms with E-state index in [0.717, 1.165) is 0 Å². The van der Waals surface area contributed by atoms with Crippen LogP contribution in [0.1, 0.15) is 22.3 Å². The number of nitrogens with zero attached hydrogens (tertiary/aromatic N) is 3. The standard InChI is InChI=1S/C17H14N6O4/c18-8-20-15(19)10-1-3-11(4-2-10)17(26)27-13-6-5-12(7-14(24)25)23-16(13)21-9-22-23/h1-6,22H,7,9H2,(H2,19,20)(H,24,25). The number of hydrazine groups is 1. The Labute approximate surface area is 153 Å². The van der Waals surface area contributed by atoms with E-state index in [9.17, 15) is 9.59 Å². The number of hydrogen-bond acceptors (Lipinski definition) is 8. The van der Waals surface area contributed by atoms with Gasteiger partial charge in [-0.25, -0.2) is 15.2 Å². The van der Waals surface area contributed by atoms with Crippen molar-refractivity contribution in [3.63, 3.8) is 0 Å².